The van der Waals surface area contributed by atoms with E-state index in [2.05, 4.69) is 4.98 Å². The molecule has 4 aliphatic heterocycles. The zero-order valence-corrected chi connectivity index (χ0v) is 20.4. The van der Waals surface area contributed by atoms with Crippen molar-refractivity contribution >= 4 is 46.7 Å². The Balaban J connectivity index is 1.49. The van der Waals surface area contributed by atoms with Gasteiger partial charge in [0.25, 0.3) is 5.79 Å². The molecule has 0 radical (unpaired) electrons. The molecular weight excluding hydrogens is 500 g/mol. The van der Waals surface area contributed by atoms with Gasteiger partial charge in [0.1, 0.15) is 17.9 Å². The Morgan fingerprint density at radius 2 is 2.09 bits per heavy atom. The number of aromatic nitrogens is 1. The summed E-state index contributed by atoms with van der Waals surface area (Å²) in [5.41, 5.74) is 4.27. The molecule has 3 fully saturated rings. The summed E-state index contributed by atoms with van der Waals surface area (Å²) in [5.74, 6) is -3.75. The molecule has 5 aliphatic rings. The zero-order valence-electron chi connectivity index (χ0n) is 18.8. The highest BCUT2D eigenvalue weighted by Gasteiger charge is 2.79. The van der Waals surface area contributed by atoms with Crippen LogP contribution >= 0.6 is 23.1 Å². The van der Waals surface area contributed by atoms with Crippen molar-refractivity contribution in [1.82, 2.24) is 14.8 Å². The van der Waals surface area contributed by atoms with Crippen LogP contribution in [0.2, 0.25) is 0 Å². The number of carbonyl (C=O) groups is 4. The lowest BCUT2D eigenvalue weighted by atomic mass is 9.80. The second-order valence-corrected chi connectivity index (χ2v) is 11.1. The molecule has 35 heavy (non-hydrogen) atoms. The van der Waals surface area contributed by atoms with Gasteiger partial charge in [-0.15, -0.1) is 11.3 Å². The number of piperazine rings is 1. The summed E-state index contributed by atoms with van der Waals surface area (Å²) in [6, 6.07) is -0.621. The van der Waals surface area contributed by atoms with Gasteiger partial charge in [-0.2, -0.15) is 0 Å². The highest BCUT2D eigenvalue weighted by molar-refractivity contribution is 8.02. The fourth-order valence-electron chi connectivity index (χ4n) is 6.13. The number of amides is 2. The third-order valence-corrected chi connectivity index (χ3v) is 9.53. The highest BCUT2D eigenvalue weighted by Crippen LogP contribution is 2.61. The second-order valence-electron chi connectivity index (χ2n) is 8.80. The molecule has 2 N–H and O–H groups in total. The van der Waals surface area contributed by atoms with E-state index < -0.39 is 40.6 Å². The molecule has 0 aromatic carbocycles. The molecule has 1 spiro atoms. The molecule has 1 aromatic heterocycles. The van der Waals surface area contributed by atoms with Crippen LogP contribution < -0.4 is 5.73 Å². The van der Waals surface area contributed by atoms with Gasteiger partial charge in [-0.25, -0.2) is 9.78 Å². The first kappa shape index (κ1) is 22.9. The number of nitrogens with zero attached hydrogens (tertiary/aromatic N) is 3. The fourth-order valence-corrected chi connectivity index (χ4v) is 8.10. The van der Waals surface area contributed by atoms with Crippen molar-refractivity contribution in [3.63, 3.8) is 0 Å². The van der Waals surface area contributed by atoms with Gasteiger partial charge in [-0.05, 0) is 0 Å². The second kappa shape index (κ2) is 7.74. The number of thiazole rings is 1. The zero-order chi connectivity index (χ0) is 24.7. The van der Waals surface area contributed by atoms with Crippen LogP contribution in [0.1, 0.15) is 6.92 Å². The first-order valence-electron chi connectivity index (χ1n) is 11.0. The Kier molecular flexibility index (Phi) is 5.07. The average molecular weight is 523 g/mol. The van der Waals surface area contributed by atoms with Crippen LogP contribution in [-0.2, 0) is 33.3 Å². The first-order chi connectivity index (χ1) is 16.8. The van der Waals surface area contributed by atoms with Gasteiger partial charge in [-0.1, -0.05) is 11.8 Å². The minimum Gasteiger partial charge on any atom is -0.449 e. The Labute approximate surface area is 207 Å². The number of hydrogen-bond donors (Lipinski definition) is 1. The lowest BCUT2D eigenvalue weighted by Crippen LogP contribution is -2.58. The van der Waals surface area contributed by atoms with E-state index in [4.69, 9.17) is 24.7 Å². The number of hydrogen-bond acceptors (Lipinski definition) is 12. The van der Waals surface area contributed by atoms with Crippen LogP contribution in [0.5, 0.6) is 0 Å². The van der Waals surface area contributed by atoms with Crippen LogP contribution in [0.4, 0.5) is 4.79 Å². The van der Waals surface area contributed by atoms with Gasteiger partial charge >= 0.3 is 6.09 Å². The number of thioether (sulfide) groups is 1. The van der Waals surface area contributed by atoms with Gasteiger partial charge < -0.3 is 34.5 Å². The molecule has 0 bridgehead atoms. The van der Waals surface area contributed by atoms with E-state index in [0.717, 1.165) is 11.8 Å². The Morgan fingerprint density at radius 1 is 1.34 bits per heavy atom. The normalized spacial score (nSPS) is 34.3. The van der Waals surface area contributed by atoms with Crippen molar-refractivity contribution < 1.29 is 38.1 Å². The Morgan fingerprint density at radius 3 is 2.69 bits per heavy atom. The molecule has 6 rings (SSSR count). The van der Waals surface area contributed by atoms with Crippen LogP contribution in [0.3, 0.4) is 0 Å². The minimum absolute atomic E-state index is 0.116. The number of ether oxygens (including phenoxy) is 4. The standard InChI is InChI=1S/C21H22N4O8S2/c1-9(26)25-11-7-24-13-12(10(8-31-18(22)29)20(24,30-2)15(11)25)16(28)21(32-4-5-33-21)17(14(13)27)35-19-23-3-6-34-19/h3,6,10-11,15,17H,4-5,7-8H2,1-2H3,(H2,22,29)/t10-,11+,15+,17?,20-,25?/m1/s1. The average Bonchev–Trinajstić information content (AvgIpc) is 3.30. The van der Waals surface area contributed by atoms with E-state index in [1.54, 1.807) is 21.4 Å². The topological polar surface area (TPSA) is 150 Å². The van der Waals surface area contributed by atoms with Crippen molar-refractivity contribution in [3.05, 3.63) is 22.8 Å². The van der Waals surface area contributed by atoms with E-state index in [-0.39, 0.29) is 48.8 Å². The van der Waals surface area contributed by atoms with Gasteiger partial charge in [0.05, 0.1) is 30.9 Å². The number of Topliss-reactive ketones (excluding diaryl/α,β-unsaturated/α-hetero) is 2. The summed E-state index contributed by atoms with van der Waals surface area (Å²) in [5, 5.41) is 0.742. The van der Waals surface area contributed by atoms with Crippen LogP contribution in [0, 0.1) is 5.92 Å². The lowest BCUT2D eigenvalue weighted by molar-refractivity contribution is -0.180. The van der Waals surface area contributed by atoms with E-state index in [0.29, 0.717) is 10.9 Å². The number of nitrogens with two attached hydrogens (primary N) is 1. The van der Waals surface area contributed by atoms with Gasteiger partial charge in [0.15, 0.2) is 15.8 Å². The molecule has 1 aliphatic carbocycles. The summed E-state index contributed by atoms with van der Waals surface area (Å²) in [4.78, 5) is 59.8. The highest BCUT2D eigenvalue weighted by atomic mass is 32.2. The SMILES string of the molecule is CO[C@@]12[C@H](COC(N)=O)C3=C(C(=O)C(Sc4nccs4)C4(OCCO4)C3=O)N1C[C@H]1[C@@H]2N1C(C)=O. The molecule has 5 heterocycles. The molecule has 3 saturated heterocycles. The smallest absolute Gasteiger partial charge is 0.404 e. The van der Waals surface area contributed by atoms with Gasteiger partial charge in [0.2, 0.25) is 11.7 Å². The van der Waals surface area contributed by atoms with Crippen molar-refractivity contribution in [3.8, 4) is 0 Å². The van der Waals surface area contributed by atoms with Crippen molar-refractivity contribution in [2.45, 2.75) is 40.1 Å². The molecule has 186 valence electrons. The van der Waals surface area contributed by atoms with Crippen LogP contribution in [0.15, 0.2) is 27.2 Å². The number of allylic oxidation sites excluding steroid dienone is 1. The van der Waals surface area contributed by atoms with Gasteiger partial charge in [0, 0.05) is 37.7 Å². The molecule has 0 saturated carbocycles. The molecule has 12 nitrogen and oxygen atoms in total. The molecule has 2 amide bonds. The van der Waals surface area contributed by atoms with Crippen molar-refractivity contribution in [2.24, 2.45) is 11.7 Å². The quantitative estimate of drug-likeness (QED) is 0.509. The summed E-state index contributed by atoms with van der Waals surface area (Å²) in [6.07, 6.45) is 0.587. The molecule has 14 heteroatoms. The van der Waals surface area contributed by atoms with E-state index in [1.807, 2.05) is 0 Å². The largest absolute Gasteiger partial charge is 0.449 e. The molecular formula is C21H22N4O8S2. The maximum Gasteiger partial charge on any atom is 0.404 e. The summed E-state index contributed by atoms with van der Waals surface area (Å²) in [7, 11) is 1.46. The van der Waals surface area contributed by atoms with Gasteiger partial charge in [-0.3, -0.25) is 14.4 Å². The number of carbonyl (C=O) groups excluding carboxylic acids is 4. The third-order valence-electron chi connectivity index (χ3n) is 7.33. The van der Waals surface area contributed by atoms with Crippen molar-refractivity contribution in [1.29, 1.82) is 0 Å². The molecule has 5 atom stereocenters. The maximum atomic E-state index is 14.2. The fraction of sp³-hybridized carbons (Fsp3) is 0.571. The Bertz CT molecular complexity index is 1170. The number of fused-ring (bicyclic) bond motifs is 4. The molecule has 1 aromatic rings. The number of ketones is 2. The summed E-state index contributed by atoms with van der Waals surface area (Å²) >= 11 is 2.46. The van der Waals surface area contributed by atoms with Crippen LogP contribution in [-0.4, -0.2) is 101 Å². The first-order valence-corrected chi connectivity index (χ1v) is 12.7. The molecule has 1 unspecified atom stereocenters. The predicted octanol–water partition coefficient (Wildman–Crippen LogP) is -0.264. The maximum absolute atomic E-state index is 14.2. The van der Waals surface area contributed by atoms with Crippen LogP contribution in [0.25, 0.3) is 0 Å². The summed E-state index contributed by atoms with van der Waals surface area (Å²) in [6.45, 7) is 1.72. The van der Waals surface area contributed by atoms with Crippen molar-refractivity contribution in [2.75, 3.05) is 33.5 Å². The monoisotopic (exact) mass is 522 g/mol. The van der Waals surface area contributed by atoms with E-state index >= 15 is 0 Å². The number of rotatable bonds is 5. The van der Waals surface area contributed by atoms with E-state index in [9.17, 15) is 19.2 Å². The number of primary amides is 1. The number of methoxy groups -OCH3 is 1. The third kappa shape index (κ3) is 2.88. The lowest BCUT2D eigenvalue weighted by Gasteiger charge is -2.41. The predicted molar refractivity (Wildman–Crippen MR) is 119 cm³/mol. The minimum atomic E-state index is -1.84. The van der Waals surface area contributed by atoms with E-state index in [1.165, 1.54) is 25.4 Å². The summed E-state index contributed by atoms with van der Waals surface area (Å²) < 4.78 is 23.5. The Hall–Kier alpha value is -2.52.